The Morgan fingerprint density at radius 3 is 3.12 bits per heavy atom. The second-order valence-corrected chi connectivity index (χ2v) is 5.89. The van der Waals surface area contributed by atoms with Gasteiger partial charge in [0.15, 0.2) is 0 Å². The molecule has 126 valence electrons. The third-order valence-electron chi connectivity index (χ3n) is 4.22. The molecule has 0 saturated carbocycles. The fourth-order valence-corrected chi connectivity index (χ4v) is 2.93. The Balaban J connectivity index is 1.47. The van der Waals surface area contributed by atoms with E-state index in [0.29, 0.717) is 17.9 Å². The van der Waals surface area contributed by atoms with E-state index < -0.39 is 0 Å². The van der Waals surface area contributed by atoms with Gasteiger partial charge >= 0.3 is 0 Å². The summed E-state index contributed by atoms with van der Waals surface area (Å²) in [5.41, 5.74) is 0.560. The molecule has 7 nitrogen and oxygen atoms in total. The predicted molar refractivity (Wildman–Crippen MR) is 87.6 cm³/mol. The van der Waals surface area contributed by atoms with Crippen LogP contribution in [0, 0.1) is 11.3 Å². The van der Waals surface area contributed by atoms with E-state index in [0.717, 1.165) is 31.9 Å². The monoisotopic (exact) mass is 327 g/mol. The molecule has 2 aromatic rings. The van der Waals surface area contributed by atoms with E-state index >= 15 is 0 Å². The van der Waals surface area contributed by atoms with Crippen LogP contribution >= 0.6 is 0 Å². The lowest BCUT2D eigenvalue weighted by molar-refractivity contribution is 0.0692. The van der Waals surface area contributed by atoms with Gasteiger partial charge in [0.2, 0.25) is 0 Å². The van der Waals surface area contributed by atoms with E-state index in [4.69, 9.17) is 14.7 Å². The molecule has 7 heteroatoms. The first kappa shape index (κ1) is 16.4. The Morgan fingerprint density at radius 1 is 1.46 bits per heavy atom. The number of nitrogens with one attached hydrogen (secondary N) is 1. The van der Waals surface area contributed by atoms with Crippen LogP contribution in [0.3, 0.4) is 0 Å². The molecule has 1 fully saturated rings. The molecule has 0 aliphatic carbocycles. The SMILES string of the molecule is CN(CCOc1ccccc1C#N)C[C@H]1OCC[C@H]1c1ncn[nH]1. The second-order valence-electron chi connectivity index (χ2n) is 5.89. The Morgan fingerprint density at radius 2 is 2.33 bits per heavy atom. The van der Waals surface area contributed by atoms with Crippen molar-refractivity contribution < 1.29 is 9.47 Å². The molecule has 1 aromatic carbocycles. The summed E-state index contributed by atoms with van der Waals surface area (Å²) >= 11 is 0. The Bertz CT molecular complexity index is 683. The van der Waals surface area contributed by atoms with Crippen LogP contribution in [0.4, 0.5) is 0 Å². The zero-order valence-corrected chi connectivity index (χ0v) is 13.7. The molecule has 2 heterocycles. The minimum atomic E-state index is 0.106. The lowest BCUT2D eigenvalue weighted by Gasteiger charge is -2.23. The van der Waals surface area contributed by atoms with Crippen LogP contribution in [0.15, 0.2) is 30.6 Å². The molecule has 1 aliphatic heterocycles. The number of likely N-dealkylation sites (N-methyl/N-ethyl adjacent to an activating group) is 1. The Kier molecular flexibility index (Phi) is 5.41. The van der Waals surface area contributed by atoms with Crippen LogP contribution in [0.2, 0.25) is 0 Å². The maximum atomic E-state index is 9.07. The Hall–Kier alpha value is -2.43. The Labute approximate surface area is 141 Å². The molecule has 3 rings (SSSR count). The number of hydrogen-bond donors (Lipinski definition) is 1. The summed E-state index contributed by atoms with van der Waals surface area (Å²) in [4.78, 5) is 6.43. The molecular weight excluding hydrogens is 306 g/mol. The number of benzene rings is 1. The fraction of sp³-hybridized carbons (Fsp3) is 0.471. The van der Waals surface area contributed by atoms with Crippen LogP contribution < -0.4 is 4.74 Å². The minimum absolute atomic E-state index is 0.106. The third-order valence-corrected chi connectivity index (χ3v) is 4.22. The molecule has 0 amide bonds. The molecule has 1 saturated heterocycles. The van der Waals surface area contributed by atoms with Crippen molar-refractivity contribution in [1.82, 2.24) is 20.1 Å². The van der Waals surface area contributed by atoms with Gasteiger partial charge in [-0.1, -0.05) is 12.1 Å². The van der Waals surface area contributed by atoms with Crippen LogP contribution in [0.1, 0.15) is 23.7 Å². The lowest BCUT2D eigenvalue weighted by Crippen LogP contribution is -2.34. The van der Waals surface area contributed by atoms with Crippen molar-refractivity contribution in [2.75, 3.05) is 33.4 Å². The number of aromatic amines is 1. The fourth-order valence-electron chi connectivity index (χ4n) is 2.93. The standard InChI is InChI=1S/C17H21N5O2/c1-22(7-9-24-15-5-3-2-4-13(15)10-18)11-16-14(6-8-23-16)17-19-12-20-21-17/h2-5,12,14,16H,6-9,11H2,1H3,(H,19,20,21)/t14-,16-/m1/s1. The molecule has 1 aromatic heterocycles. The summed E-state index contributed by atoms with van der Waals surface area (Å²) in [6, 6.07) is 9.42. The van der Waals surface area contributed by atoms with Crippen molar-refractivity contribution in [2.24, 2.45) is 0 Å². The summed E-state index contributed by atoms with van der Waals surface area (Å²) in [6.45, 7) is 2.82. The molecule has 24 heavy (non-hydrogen) atoms. The maximum absolute atomic E-state index is 9.07. The normalized spacial score (nSPS) is 20.2. The summed E-state index contributed by atoms with van der Waals surface area (Å²) < 4.78 is 11.6. The van der Waals surface area contributed by atoms with E-state index in [-0.39, 0.29) is 12.0 Å². The quantitative estimate of drug-likeness (QED) is 0.830. The average molecular weight is 327 g/mol. The van der Waals surface area contributed by atoms with E-state index in [1.165, 1.54) is 6.33 Å². The van der Waals surface area contributed by atoms with Gasteiger partial charge in [-0.2, -0.15) is 10.4 Å². The lowest BCUT2D eigenvalue weighted by atomic mass is 10.0. The molecule has 0 bridgehead atoms. The molecule has 1 N–H and O–H groups in total. The van der Waals surface area contributed by atoms with Gasteiger partial charge in [-0.3, -0.25) is 5.10 Å². The van der Waals surface area contributed by atoms with Gasteiger partial charge in [0.1, 0.15) is 30.6 Å². The first-order valence-electron chi connectivity index (χ1n) is 8.05. The largest absolute Gasteiger partial charge is 0.491 e. The van der Waals surface area contributed by atoms with Crippen LogP contribution in [-0.4, -0.2) is 59.5 Å². The number of aromatic nitrogens is 3. The van der Waals surface area contributed by atoms with Crippen molar-refractivity contribution in [3.05, 3.63) is 42.0 Å². The smallest absolute Gasteiger partial charge is 0.137 e. The first-order chi connectivity index (χ1) is 11.8. The van der Waals surface area contributed by atoms with E-state index in [9.17, 15) is 0 Å². The van der Waals surface area contributed by atoms with Crippen molar-refractivity contribution in [2.45, 2.75) is 18.4 Å². The summed E-state index contributed by atoms with van der Waals surface area (Å²) in [5.74, 6) is 1.78. The number of nitriles is 1. The molecule has 2 atom stereocenters. The summed E-state index contributed by atoms with van der Waals surface area (Å²) in [5, 5.41) is 15.9. The summed E-state index contributed by atoms with van der Waals surface area (Å²) in [6.07, 6.45) is 2.60. The van der Waals surface area contributed by atoms with Crippen molar-refractivity contribution in [3.63, 3.8) is 0 Å². The van der Waals surface area contributed by atoms with Gasteiger partial charge in [0, 0.05) is 25.6 Å². The first-order valence-corrected chi connectivity index (χ1v) is 8.05. The van der Waals surface area contributed by atoms with E-state index in [1.807, 2.05) is 25.2 Å². The van der Waals surface area contributed by atoms with Gasteiger partial charge in [-0.05, 0) is 25.6 Å². The highest BCUT2D eigenvalue weighted by atomic mass is 16.5. The number of para-hydroxylation sites is 1. The van der Waals surface area contributed by atoms with Crippen LogP contribution in [0.5, 0.6) is 5.75 Å². The zero-order chi connectivity index (χ0) is 16.8. The van der Waals surface area contributed by atoms with Gasteiger partial charge in [-0.25, -0.2) is 4.98 Å². The van der Waals surface area contributed by atoms with Gasteiger partial charge in [0.05, 0.1) is 11.7 Å². The topological polar surface area (TPSA) is 87.1 Å². The average Bonchev–Trinajstić information content (AvgIpc) is 3.26. The molecular formula is C17H21N5O2. The number of nitrogens with zero attached hydrogens (tertiary/aromatic N) is 4. The summed E-state index contributed by atoms with van der Waals surface area (Å²) in [7, 11) is 2.04. The molecule has 0 spiro atoms. The van der Waals surface area contributed by atoms with Gasteiger partial charge < -0.3 is 14.4 Å². The minimum Gasteiger partial charge on any atom is -0.491 e. The number of hydrogen-bond acceptors (Lipinski definition) is 6. The maximum Gasteiger partial charge on any atom is 0.137 e. The number of H-pyrrole nitrogens is 1. The van der Waals surface area contributed by atoms with Crippen LogP contribution in [-0.2, 0) is 4.74 Å². The van der Waals surface area contributed by atoms with Gasteiger partial charge in [0.25, 0.3) is 0 Å². The van der Waals surface area contributed by atoms with E-state index in [1.54, 1.807) is 6.07 Å². The van der Waals surface area contributed by atoms with Crippen molar-refractivity contribution in [3.8, 4) is 11.8 Å². The van der Waals surface area contributed by atoms with Gasteiger partial charge in [-0.15, -0.1) is 0 Å². The van der Waals surface area contributed by atoms with Crippen LogP contribution in [0.25, 0.3) is 0 Å². The van der Waals surface area contributed by atoms with E-state index in [2.05, 4.69) is 26.2 Å². The molecule has 0 radical (unpaired) electrons. The highest BCUT2D eigenvalue weighted by molar-refractivity contribution is 5.42. The predicted octanol–water partition coefficient (Wildman–Crippen LogP) is 1.56. The second kappa shape index (κ2) is 7.90. The van der Waals surface area contributed by atoms with Crippen molar-refractivity contribution >= 4 is 0 Å². The van der Waals surface area contributed by atoms with Crippen molar-refractivity contribution in [1.29, 1.82) is 5.26 Å². The molecule has 1 aliphatic rings. The highest BCUT2D eigenvalue weighted by Crippen LogP contribution is 2.29. The third kappa shape index (κ3) is 3.91. The zero-order valence-electron chi connectivity index (χ0n) is 13.7. The number of ether oxygens (including phenoxy) is 2. The number of rotatable bonds is 7. The molecule has 0 unspecified atom stereocenters. The highest BCUT2D eigenvalue weighted by Gasteiger charge is 2.32.